The molecule has 0 aliphatic carbocycles. The molecule has 1 aromatic rings. The highest BCUT2D eigenvalue weighted by Gasteiger charge is 2.17. The summed E-state index contributed by atoms with van der Waals surface area (Å²) in [6.07, 6.45) is 2.35. The molecule has 0 aromatic heterocycles. The molecule has 1 saturated heterocycles. The Balaban J connectivity index is 2.03. The first-order valence-corrected chi connectivity index (χ1v) is 6.88. The Morgan fingerprint density at radius 2 is 2.00 bits per heavy atom. The van der Waals surface area contributed by atoms with E-state index in [0.717, 1.165) is 24.3 Å². The zero-order valence-electron chi connectivity index (χ0n) is 12.0. The second-order valence-electron chi connectivity index (χ2n) is 5.33. The van der Waals surface area contributed by atoms with Crippen LogP contribution in [0.3, 0.4) is 0 Å². The van der Waals surface area contributed by atoms with Gasteiger partial charge < -0.3 is 15.5 Å². The van der Waals surface area contributed by atoms with Gasteiger partial charge in [-0.05, 0) is 63.7 Å². The van der Waals surface area contributed by atoms with Gasteiger partial charge in [-0.3, -0.25) is 4.79 Å². The van der Waals surface area contributed by atoms with E-state index in [4.69, 9.17) is 0 Å². The van der Waals surface area contributed by atoms with Crippen molar-refractivity contribution in [2.24, 2.45) is 0 Å². The van der Waals surface area contributed by atoms with Crippen molar-refractivity contribution in [2.45, 2.75) is 25.8 Å². The minimum Gasteiger partial charge on any atom is -0.382 e. The predicted octanol–water partition coefficient (Wildman–Crippen LogP) is 1.86. The van der Waals surface area contributed by atoms with E-state index < -0.39 is 0 Å². The third kappa shape index (κ3) is 3.47. The van der Waals surface area contributed by atoms with Gasteiger partial charge in [-0.2, -0.15) is 0 Å². The van der Waals surface area contributed by atoms with Gasteiger partial charge in [0, 0.05) is 24.3 Å². The van der Waals surface area contributed by atoms with E-state index in [0.29, 0.717) is 11.6 Å². The maximum Gasteiger partial charge on any atom is 0.251 e. The van der Waals surface area contributed by atoms with Crippen LogP contribution in [-0.4, -0.2) is 44.0 Å². The zero-order chi connectivity index (χ0) is 13.8. The minimum absolute atomic E-state index is 0.0334. The summed E-state index contributed by atoms with van der Waals surface area (Å²) in [5.41, 5.74) is 2.98. The van der Waals surface area contributed by atoms with Gasteiger partial charge in [0.15, 0.2) is 0 Å². The van der Waals surface area contributed by atoms with Crippen molar-refractivity contribution in [3.8, 4) is 0 Å². The molecule has 4 nitrogen and oxygen atoms in total. The van der Waals surface area contributed by atoms with Crippen LogP contribution in [0.15, 0.2) is 18.2 Å². The summed E-state index contributed by atoms with van der Waals surface area (Å²) >= 11 is 0. The summed E-state index contributed by atoms with van der Waals surface area (Å²) in [6, 6.07) is 6.37. The monoisotopic (exact) mass is 261 g/mol. The van der Waals surface area contributed by atoms with Gasteiger partial charge in [-0.15, -0.1) is 0 Å². The Labute approximate surface area is 115 Å². The molecule has 1 heterocycles. The molecule has 0 radical (unpaired) electrons. The van der Waals surface area contributed by atoms with Gasteiger partial charge >= 0.3 is 0 Å². The molecule has 1 aromatic carbocycles. The quantitative estimate of drug-likeness (QED) is 0.873. The number of carbonyl (C=O) groups excluding carboxylic acids is 1. The van der Waals surface area contributed by atoms with Crippen molar-refractivity contribution < 1.29 is 4.79 Å². The van der Waals surface area contributed by atoms with Gasteiger partial charge in [0.1, 0.15) is 0 Å². The lowest BCUT2D eigenvalue weighted by Crippen LogP contribution is -2.36. The van der Waals surface area contributed by atoms with E-state index in [-0.39, 0.29) is 5.91 Å². The molecule has 1 fully saturated rings. The molecule has 4 heteroatoms. The van der Waals surface area contributed by atoms with E-state index in [1.807, 2.05) is 25.1 Å². The topological polar surface area (TPSA) is 44.4 Å². The lowest BCUT2D eigenvalue weighted by atomic mass is 10.0. The smallest absolute Gasteiger partial charge is 0.251 e. The van der Waals surface area contributed by atoms with Crippen molar-refractivity contribution >= 4 is 11.6 Å². The normalized spacial score (nSPS) is 17.2. The number of hydrogen-bond donors (Lipinski definition) is 2. The highest BCUT2D eigenvalue weighted by Crippen LogP contribution is 2.20. The van der Waals surface area contributed by atoms with E-state index in [2.05, 4.69) is 22.6 Å². The molecule has 0 bridgehead atoms. The van der Waals surface area contributed by atoms with E-state index in [1.165, 1.54) is 12.8 Å². The van der Waals surface area contributed by atoms with Crippen LogP contribution < -0.4 is 10.6 Å². The average Bonchev–Trinajstić information content (AvgIpc) is 2.42. The number of hydrogen-bond acceptors (Lipinski definition) is 3. The summed E-state index contributed by atoms with van der Waals surface area (Å²) in [4.78, 5) is 13.9. The van der Waals surface area contributed by atoms with Gasteiger partial charge in [0.2, 0.25) is 0 Å². The van der Waals surface area contributed by atoms with Crippen LogP contribution in [-0.2, 0) is 0 Å². The first-order valence-electron chi connectivity index (χ1n) is 6.88. The van der Waals surface area contributed by atoms with Crippen LogP contribution in [0.5, 0.6) is 0 Å². The summed E-state index contributed by atoms with van der Waals surface area (Å²) in [6.45, 7) is 4.34. The molecular formula is C15H23N3O. The molecule has 0 atom stereocenters. The molecule has 1 aliphatic rings. The molecule has 2 N–H and O–H groups in total. The fourth-order valence-corrected chi connectivity index (χ4v) is 2.48. The molecule has 0 saturated carbocycles. The highest BCUT2D eigenvalue weighted by molar-refractivity contribution is 5.94. The molecule has 0 unspecified atom stereocenters. The summed E-state index contributed by atoms with van der Waals surface area (Å²) in [5.74, 6) is -0.0334. The molecule has 19 heavy (non-hydrogen) atoms. The maximum absolute atomic E-state index is 11.6. The second kappa shape index (κ2) is 6.06. The van der Waals surface area contributed by atoms with Crippen molar-refractivity contribution in [1.29, 1.82) is 0 Å². The van der Waals surface area contributed by atoms with E-state index >= 15 is 0 Å². The number of carbonyl (C=O) groups is 1. The standard InChI is InChI=1S/C15H23N3O/c1-11-10-12(15(19)16-2)4-5-14(11)17-13-6-8-18(3)9-7-13/h4-5,10,13,17H,6-9H2,1-3H3,(H,16,19). The van der Waals surface area contributed by atoms with E-state index in [9.17, 15) is 4.79 Å². The fourth-order valence-electron chi connectivity index (χ4n) is 2.48. The zero-order valence-corrected chi connectivity index (χ0v) is 12.0. The van der Waals surface area contributed by atoms with Gasteiger partial charge in [-0.25, -0.2) is 0 Å². The summed E-state index contributed by atoms with van der Waals surface area (Å²) < 4.78 is 0. The van der Waals surface area contributed by atoms with Crippen LogP contribution in [0.1, 0.15) is 28.8 Å². The van der Waals surface area contributed by atoms with Gasteiger partial charge in [0.25, 0.3) is 5.91 Å². The number of nitrogens with one attached hydrogen (secondary N) is 2. The lowest BCUT2D eigenvalue weighted by molar-refractivity contribution is 0.0963. The Hall–Kier alpha value is -1.55. The molecule has 104 valence electrons. The number of rotatable bonds is 3. The Kier molecular flexibility index (Phi) is 4.43. The molecular weight excluding hydrogens is 238 g/mol. The number of nitrogens with zero attached hydrogens (tertiary/aromatic N) is 1. The number of likely N-dealkylation sites (tertiary alicyclic amines) is 1. The molecule has 0 spiro atoms. The van der Waals surface area contributed by atoms with Gasteiger partial charge in [-0.1, -0.05) is 0 Å². The first-order chi connectivity index (χ1) is 9.10. The van der Waals surface area contributed by atoms with Crippen LogP contribution in [0, 0.1) is 6.92 Å². The average molecular weight is 261 g/mol. The number of piperidine rings is 1. The van der Waals surface area contributed by atoms with Crippen LogP contribution in [0.4, 0.5) is 5.69 Å². The Morgan fingerprint density at radius 1 is 1.32 bits per heavy atom. The van der Waals surface area contributed by atoms with Crippen LogP contribution in [0.2, 0.25) is 0 Å². The molecule has 2 rings (SSSR count). The fraction of sp³-hybridized carbons (Fsp3) is 0.533. The SMILES string of the molecule is CNC(=O)c1ccc(NC2CCN(C)CC2)c(C)c1. The third-order valence-corrected chi connectivity index (χ3v) is 3.79. The highest BCUT2D eigenvalue weighted by atomic mass is 16.1. The minimum atomic E-state index is -0.0334. The summed E-state index contributed by atoms with van der Waals surface area (Å²) in [7, 11) is 3.82. The predicted molar refractivity (Wildman–Crippen MR) is 78.7 cm³/mol. The van der Waals surface area contributed by atoms with E-state index in [1.54, 1.807) is 7.05 Å². The lowest BCUT2D eigenvalue weighted by Gasteiger charge is -2.30. The summed E-state index contributed by atoms with van der Waals surface area (Å²) in [5, 5.41) is 6.24. The number of aryl methyl sites for hydroxylation is 1. The van der Waals surface area contributed by atoms with Crippen molar-refractivity contribution in [2.75, 3.05) is 32.5 Å². The van der Waals surface area contributed by atoms with Crippen molar-refractivity contribution in [3.63, 3.8) is 0 Å². The molecule has 1 aliphatic heterocycles. The third-order valence-electron chi connectivity index (χ3n) is 3.79. The Bertz CT molecular complexity index is 451. The maximum atomic E-state index is 11.6. The van der Waals surface area contributed by atoms with Gasteiger partial charge in [0.05, 0.1) is 0 Å². The number of benzene rings is 1. The van der Waals surface area contributed by atoms with Crippen LogP contribution >= 0.6 is 0 Å². The second-order valence-corrected chi connectivity index (χ2v) is 5.33. The largest absolute Gasteiger partial charge is 0.382 e. The number of amides is 1. The first kappa shape index (κ1) is 13.9. The number of anilines is 1. The Morgan fingerprint density at radius 3 is 2.58 bits per heavy atom. The van der Waals surface area contributed by atoms with Crippen LogP contribution in [0.25, 0.3) is 0 Å². The van der Waals surface area contributed by atoms with Crippen molar-refractivity contribution in [1.82, 2.24) is 10.2 Å². The molecule has 1 amide bonds. The van der Waals surface area contributed by atoms with Crippen molar-refractivity contribution in [3.05, 3.63) is 29.3 Å².